The molecular formula is C7H7ClINO2. The lowest BCUT2D eigenvalue weighted by Crippen LogP contribution is -1.95. The summed E-state index contributed by atoms with van der Waals surface area (Å²) in [5.41, 5.74) is 0. The zero-order valence-electron chi connectivity index (χ0n) is 6.60. The zero-order valence-corrected chi connectivity index (χ0v) is 9.51. The molecule has 0 aromatic carbocycles. The lowest BCUT2D eigenvalue weighted by molar-refractivity contribution is 0.377. The molecule has 0 saturated carbocycles. The lowest BCUT2D eigenvalue weighted by atomic mass is 10.4. The highest BCUT2D eigenvalue weighted by molar-refractivity contribution is 14.1. The molecule has 0 unspecified atom stereocenters. The number of methoxy groups -OCH3 is 2. The topological polar surface area (TPSA) is 31.4 Å². The maximum atomic E-state index is 5.71. The van der Waals surface area contributed by atoms with Crippen molar-refractivity contribution in [3.63, 3.8) is 0 Å². The van der Waals surface area contributed by atoms with Crippen molar-refractivity contribution in [1.29, 1.82) is 0 Å². The molecule has 1 aromatic rings. The van der Waals surface area contributed by atoms with Crippen LogP contribution in [0.4, 0.5) is 0 Å². The molecule has 0 N–H and O–H groups in total. The van der Waals surface area contributed by atoms with E-state index in [0.717, 1.165) is 3.57 Å². The summed E-state index contributed by atoms with van der Waals surface area (Å²) in [6, 6.07) is 1.64. The Balaban J connectivity index is 3.22. The van der Waals surface area contributed by atoms with Crippen LogP contribution in [0.1, 0.15) is 0 Å². The molecule has 0 aliphatic heterocycles. The molecule has 5 heteroatoms. The van der Waals surface area contributed by atoms with Gasteiger partial charge in [-0.25, -0.2) is 4.98 Å². The molecule has 1 rings (SSSR count). The van der Waals surface area contributed by atoms with Crippen LogP contribution >= 0.6 is 34.2 Å². The van der Waals surface area contributed by atoms with E-state index in [4.69, 9.17) is 21.1 Å². The van der Waals surface area contributed by atoms with Gasteiger partial charge in [-0.05, 0) is 22.6 Å². The number of halogens is 2. The number of aromatic nitrogens is 1. The molecule has 12 heavy (non-hydrogen) atoms. The molecule has 66 valence electrons. The minimum atomic E-state index is 0.365. The van der Waals surface area contributed by atoms with Crippen molar-refractivity contribution in [2.24, 2.45) is 0 Å². The van der Waals surface area contributed by atoms with Crippen LogP contribution in [0.2, 0.25) is 5.15 Å². The zero-order chi connectivity index (χ0) is 9.14. The fraction of sp³-hybridized carbons (Fsp3) is 0.286. The van der Waals surface area contributed by atoms with E-state index < -0.39 is 0 Å². The molecule has 0 radical (unpaired) electrons. The maximum Gasteiger partial charge on any atom is 0.232 e. The fourth-order valence-corrected chi connectivity index (χ4v) is 1.63. The van der Waals surface area contributed by atoms with E-state index in [9.17, 15) is 0 Å². The number of hydrogen-bond donors (Lipinski definition) is 0. The van der Waals surface area contributed by atoms with Crippen molar-refractivity contribution in [1.82, 2.24) is 4.98 Å². The minimum absolute atomic E-state index is 0.365. The van der Waals surface area contributed by atoms with Gasteiger partial charge in [-0.15, -0.1) is 0 Å². The van der Waals surface area contributed by atoms with Gasteiger partial charge in [-0.1, -0.05) is 11.6 Å². The van der Waals surface area contributed by atoms with E-state index in [-0.39, 0.29) is 0 Å². The van der Waals surface area contributed by atoms with Gasteiger partial charge in [0.05, 0.1) is 14.2 Å². The molecule has 0 fully saturated rings. The highest BCUT2D eigenvalue weighted by atomic mass is 127. The van der Waals surface area contributed by atoms with E-state index in [1.807, 2.05) is 0 Å². The van der Waals surface area contributed by atoms with Crippen molar-refractivity contribution in [2.75, 3.05) is 14.2 Å². The van der Waals surface area contributed by atoms with Gasteiger partial charge < -0.3 is 9.47 Å². The van der Waals surface area contributed by atoms with Gasteiger partial charge in [0.2, 0.25) is 5.88 Å². The Morgan fingerprint density at radius 1 is 1.42 bits per heavy atom. The molecule has 0 bridgehead atoms. The molecule has 0 spiro atoms. The molecule has 1 heterocycles. The first-order chi connectivity index (χ1) is 5.69. The maximum absolute atomic E-state index is 5.71. The number of ether oxygens (including phenoxy) is 2. The van der Waals surface area contributed by atoms with Crippen molar-refractivity contribution in [3.8, 4) is 11.6 Å². The van der Waals surface area contributed by atoms with E-state index in [2.05, 4.69) is 27.6 Å². The van der Waals surface area contributed by atoms with Crippen LogP contribution in [0.25, 0.3) is 0 Å². The van der Waals surface area contributed by atoms with Crippen molar-refractivity contribution >= 4 is 34.2 Å². The third-order valence-corrected chi connectivity index (χ3v) is 2.46. The van der Waals surface area contributed by atoms with Crippen LogP contribution in [0.3, 0.4) is 0 Å². The Bertz CT molecular complexity index is 268. The Morgan fingerprint density at radius 2 is 2.08 bits per heavy atom. The second-order valence-corrected chi connectivity index (χ2v) is 3.44. The standard InChI is InChI=1S/C7H7ClINO2/c1-11-4-3-5(8)10-7(12-2)6(4)9/h3H,1-2H3. The normalized spacial score (nSPS) is 9.67. The van der Waals surface area contributed by atoms with Crippen LogP contribution in [-0.2, 0) is 0 Å². The summed E-state index contributed by atoms with van der Waals surface area (Å²) in [5.74, 6) is 1.16. The van der Waals surface area contributed by atoms with Crippen LogP contribution < -0.4 is 9.47 Å². The molecule has 0 aliphatic carbocycles. The van der Waals surface area contributed by atoms with Gasteiger partial charge in [-0.3, -0.25) is 0 Å². The van der Waals surface area contributed by atoms with E-state index in [0.29, 0.717) is 16.8 Å². The molecular weight excluding hydrogens is 292 g/mol. The summed E-state index contributed by atoms with van der Waals surface area (Å²) in [5, 5.41) is 0.365. The predicted octanol–water partition coefficient (Wildman–Crippen LogP) is 2.36. The number of rotatable bonds is 2. The van der Waals surface area contributed by atoms with Gasteiger partial charge in [0.15, 0.2) is 0 Å². The highest BCUT2D eigenvalue weighted by Crippen LogP contribution is 2.30. The highest BCUT2D eigenvalue weighted by Gasteiger charge is 2.09. The number of hydrogen-bond acceptors (Lipinski definition) is 3. The van der Waals surface area contributed by atoms with Gasteiger partial charge in [0, 0.05) is 6.07 Å². The average molecular weight is 299 g/mol. The van der Waals surface area contributed by atoms with Gasteiger partial charge >= 0.3 is 0 Å². The van der Waals surface area contributed by atoms with E-state index in [1.54, 1.807) is 20.3 Å². The largest absolute Gasteiger partial charge is 0.495 e. The smallest absolute Gasteiger partial charge is 0.232 e. The average Bonchev–Trinajstić information content (AvgIpc) is 2.08. The number of nitrogens with zero attached hydrogens (tertiary/aromatic N) is 1. The predicted molar refractivity (Wildman–Crippen MR) is 55.1 cm³/mol. The third kappa shape index (κ3) is 1.92. The molecule has 0 atom stereocenters. The summed E-state index contributed by atoms with van der Waals surface area (Å²) in [7, 11) is 3.12. The van der Waals surface area contributed by atoms with Gasteiger partial charge in [0.1, 0.15) is 14.5 Å². The van der Waals surface area contributed by atoms with Gasteiger partial charge in [-0.2, -0.15) is 0 Å². The monoisotopic (exact) mass is 299 g/mol. The Kier molecular flexibility index (Phi) is 3.39. The molecule has 0 saturated heterocycles. The van der Waals surface area contributed by atoms with E-state index >= 15 is 0 Å². The first kappa shape index (κ1) is 9.85. The second-order valence-electron chi connectivity index (χ2n) is 1.97. The van der Waals surface area contributed by atoms with Crippen molar-refractivity contribution in [3.05, 3.63) is 14.8 Å². The first-order valence-corrected chi connectivity index (χ1v) is 4.58. The summed E-state index contributed by atoms with van der Waals surface area (Å²) in [4.78, 5) is 3.96. The summed E-state index contributed by atoms with van der Waals surface area (Å²) >= 11 is 7.79. The van der Waals surface area contributed by atoms with Crippen LogP contribution in [0.15, 0.2) is 6.07 Å². The number of pyridine rings is 1. The Hall–Kier alpha value is -0.230. The Labute approximate surface area is 89.2 Å². The summed E-state index contributed by atoms with van der Waals surface area (Å²) < 4.78 is 10.9. The molecule has 0 amide bonds. The van der Waals surface area contributed by atoms with Crippen LogP contribution in [0, 0.1) is 3.57 Å². The van der Waals surface area contributed by atoms with Crippen molar-refractivity contribution < 1.29 is 9.47 Å². The van der Waals surface area contributed by atoms with Crippen molar-refractivity contribution in [2.45, 2.75) is 0 Å². The van der Waals surface area contributed by atoms with Gasteiger partial charge in [0.25, 0.3) is 0 Å². The molecule has 1 aromatic heterocycles. The quantitative estimate of drug-likeness (QED) is 0.620. The Morgan fingerprint density at radius 3 is 2.58 bits per heavy atom. The summed E-state index contributed by atoms with van der Waals surface area (Å²) in [6.45, 7) is 0. The second kappa shape index (κ2) is 4.13. The van der Waals surface area contributed by atoms with Crippen LogP contribution in [-0.4, -0.2) is 19.2 Å². The van der Waals surface area contributed by atoms with E-state index in [1.165, 1.54) is 0 Å². The molecule has 0 aliphatic rings. The fourth-order valence-electron chi connectivity index (χ4n) is 0.739. The van der Waals surface area contributed by atoms with Crippen LogP contribution in [0.5, 0.6) is 11.6 Å². The summed E-state index contributed by atoms with van der Waals surface area (Å²) in [6.07, 6.45) is 0. The third-order valence-electron chi connectivity index (χ3n) is 1.28. The first-order valence-electron chi connectivity index (χ1n) is 3.13. The molecule has 3 nitrogen and oxygen atoms in total. The lowest BCUT2D eigenvalue weighted by Gasteiger charge is -2.06. The SMILES string of the molecule is COc1cc(Cl)nc(OC)c1I. The minimum Gasteiger partial charge on any atom is -0.495 e.